The Morgan fingerprint density at radius 3 is 2.83 bits per heavy atom. The van der Waals surface area contributed by atoms with Crippen molar-refractivity contribution in [3.05, 3.63) is 40.8 Å². The van der Waals surface area contributed by atoms with Gasteiger partial charge in [-0.3, -0.25) is 9.20 Å². The minimum absolute atomic E-state index is 0.00182. The Hall–Kier alpha value is -2.30. The Morgan fingerprint density at radius 1 is 1.28 bits per heavy atom. The minimum Gasteiger partial charge on any atom is -0.481 e. The molecule has 3 aromatic heterocycles. The van der Waals surface area contributed by atoms with Gasteiger partial charge in [0.25, 0.3) is 5.56 Å². The molecule has 0 radical (unpaired) electrons. The number of methoxy groups -OCH3 is 1. The van der Waals surface area contributed by atoms with Gasteiger partial charge in [0, 0.05) is 18.8 Å². The SMILES string of the molecule is CCn1c(=O)c2cccn2c2nc(OC)ccc21. The Morgan fingerprint density at radius 2 is 2.11 bits per heavy atom. The van der Waals surface area contributed by atoms with E-state index in [1.54, 1.807) is 28.2 Å². The van der Waals surface area contributed by atoms with E-state index in [-0.39, 0.29) is 5.56 Å². The Balaban J connectivity index is 2.58. The van der Waals surface area contributed by atoms with E-state index in [0.717, 1.165) is 11.2 Å². The first-order valence-electron chi connectivity index (χ1n) is 5.81. The topological polar surface area (TPSA) is 48.5 Å². The third-order valence-corrected chi connectivity index (χ3v) is 3.09. The van der Waals surface area contributed by atoms with Crippen LogP contribution >= 0.6 is 0 Å². The molecule has 5 heteroatoms. The second-order valence-corrected chi connectivity index (χ2v) is 4.01. The van der Waals surface area contributed by atoms with Crippen molar-refractivity contribution in [3.8, 4) is 5.88 Å². The van der Waals surface area contributed by atoms with Gasteiger partial charge in [-0.05, 0) is 25.1 Å². The lowest BCUT2D eigenvalue weighted by Gasteiger charge is -2.10. The zero-order chi connectivity index (χ0) is 12.7. The van der Waals surface area contributed by atoms with Gasteiger partial charge in [-0.25, -0.2) is 0 Å². The molecule has 0 saturated heterocycles. The predicted molar refractivity (Wildman–Crippen MR) is 69.2 cm³/mol. The van der Waals surface area contributed by atoms with Gasteiger partial charge in [0.15, 0.2) is 5.65 Å². The van der Waals surface area contributed by atoms with Crippen molar-refractivity contribution in [1.29, 1.82) is 0 Å². The normalized spacial score (nSPS) is 11.2. The van der Waals surface area contributed by atoms with E-state index < -0.39 is 0 Å². The molecule has 0 spiro atoms. The van der Waals surface area contributed by atoms with Gasteiger partial charge < -0.3 is 9.30 Å². The molecule has 0 atom stereocenters. The van der Waals surface area contributed by atoms with Crippen molar-refractivity contribution in [2.24, 2.45) is 0 Å². The maximum atomic E-state index is 12.3. The standard InChI is InChI=1S/C13H13N3O2/c1-3-15-9-6-7-11(18-2)14-12(9)16-8-4-5-10(16)13(15)17/h4-8H,3H2,1-2H3. The van der Waals surface area contributed by atoms with Crippen LogP contribution in [0, 0.1) is 0 Å². The number of aromatic nitrogens is 3. The molecular formula is C13H13N3O2. The summed E-state index contributed by atoms with van der Waals surface area (Å²) in [6.45, 7) is 2.57. The van der Waals surface area contributed by atoms with E-state index in [1.807, 2.05) is 25.3 Å². The Bertz CT molecular complexity index is 786. The summed E-state index contributed by atoms with van der Waals surface area (Å²) in [5.41, 5.74) is 2.18. The van der Waals surface area contributed by atoms with Crippen LogP contribution in [0.25, 0.3) is 16.7 Å². The smallest absolute Gasteiger partial charge is 0.275 e. The third kappa shape index (κ3) is 1.33. The Kier molecular flexibility index (Phi) is 2.33. The first kappa shape index (κ1) is 10.8. The molecule has 0 bridgehead atoms. The van der Waals surface area contributed by atoms with Crippen molar-refractivity contribution in [3.63, 3.8) is 0 Å². The highest BCUT2D eigenvalue weighted by atomic mass is 16.5. The van der Waals surface area contributed by atoms with Crippen LogP contribution in [0.5, 0.6) is 5.88 Å². The number of ether oxygens (including phenoxy) is 1. The maximum absolute atomic E-state index is 12.3. The number of hydrogen-bond donors (Lipinski definition) is 0. The molecule has 0 saturated carbocycles. The lowest BCUT2D eigenvalue weighted by molar-refractivity contribution is 0.399. The number of rotatable bonds is 2. The minimum atomic E-state index is 0.00182. The summed E-state index contributed by atoms with van der Waals surface area (Å²) < 4.78 is 8.66. The fourth-order valence-electron chi connectivity index (χ4n) is 2.23. The van der Waals surface area contributed by atoms with Crippen molar-refractivity contribution < 1.29 is 4.74 Å². The number of aryl methyl sites for hydroxylation is 1. The highest BCUT2D eigenvalue weighted by molar-refractivity contribution is 5.75. The lowest BCUT2D eigenvalue weighted by Crippen LogP contribution is -2.22. The average molecular weight is 243 g/mol. The first-order chi connectivity index (χ1) is 8.76. The molecule has 0 amide bonds. The predicted octanol–water partition coefficient (Wildman–Crippen LogP) is 1.68. The van der Waals surface area contributed by atoms with E-state index in [9.17, 15) is 4.79 Å². The van der Waals surface area contributed by atoms with Gasteiger partial charge in [-0.1, -0.05) is 0 Å². The van der Waals surface area contributed by atoms with Crippen LogP contribution in [0.1, 0.15) is 6.92 Å². The van der Waals surface area contributed by atoms with Crippen LogP contribution < -0.4 is 10.3 Å². The van der Waals surface area contributed by atoms with Crippen molar-refractivity contribution in [2.75, 3.05) is 7.11 Å². The van der Waals surface area contributed by atoms with Crippen LogP contribution in [-0.2, 0) is 6.54 Å². The number of hydrogen-bond acceptors (Lipinski definition) is 3. The number of nitrogens with zero attached hydrogens (tertiary/aromatic N) is 3. The number of pyridine rings is 1. The third-order valence-electron chi connectivity index (χ3n) is 3.09. The van der Waals surface area contributed by atoms with Crippen LogP contribution in [-0.4, -0.2) is 21.1 Å². The van der Waals surface area contributed by atoms with E-state index in [2.05, 4.69) is 4.98 Å². The zero-order valence-electron chi connectivity index (χ0n) is 10.3. The molecule has 18 heavy (non-hydrogen) atoms. The monoisotopic (exact) mass is 243 g/mol. The molecule has 0 N–H and O–H groups in total. The summed E-state index contributed by atoms with van der Waals surface area (Å²) in [5.74, 6) is 0.541. The van der Waals surface area contributed by atoms with Crippen LogP contribution in [0.15, 0.2) is 35.3 Å². The van der Waals surface area contributed by atoms with E-state index in [0.29, 0.717) is 17.9 Å². The fourth-order valence-corrected chi connectivity index (χ4v) is 2.23. The molecule has 3 rings (SSSR count). The van der Waals surface area contributed by atoms with Crippen molar-refractivity contribution >= 4 is 16.7 Å². The van der Waals surface area contributed by atoms with Gasteiger partial charge in [0.05, 0.1) is 12.6 Å². The van der Waals surface area contributed by atoms with Crippen molar-refractivity contribution in [1.82, 2.24) is 14.0 Å². The summed E-state index contributed by atoms with van der Waals surface area (Å²) in [7, 11) is 1.58. The lowest BCUT2D eigenvalue weighted by atomic mass is 10.3. The van der Waals surface area contributed by atoms with Crippen molar-refractivity contribution in [2.45, 2.75) is 13.5 Å². The molecule has 3 aromatic rings. The highest BCUT2D eigenvalue weighted by Crippen LogP contribution is 2.17. The summed E-state index contributed by atoms with van der Waals surface area (Å²) in [4.78, 5) is 16.7. The second-order valence-electron chi connectivity index (χ2n) is 4.01. The van der Waals surface area contributed by atoms with Crippen LogP contribution in [0.3, 0.4) is 0 Å². The molecular weight excluding hydrogens is 230 g/mol. The van der Waals surface area contributed by atoms with Crippen LogP contribution in [0.4, 0.5) is 0 Å². The quantitative estimate of drug-likeness (QED) is 0.688. The summed E-state index contributed by atoms with van der Waals surface area (Å²) in [6, 6.07) is 7.28. The summed E-state index contributed by atoms with van der Waals surface area (Å²) >= 11 is 0. The molecule has 0 unspecified atom stereocenters. The Labute approximate surface area is 103 Å². The molecule has 0 aliphatic heterocycles. The largest absolute Gasteiger partial charge is 0.481 e. The molecule has 0 aliphatic carbocycles. The second kappa shape index (κ2) is 3.87. The molecule has 3 heterocycles. The molecule has 5 nitrogen and oxygen atoms in total. The van der Waals surface area contributed by atoms with Gasteiger partial charge in [0.2, 0.25) is 5.88 Å². The van der Waals surface area contributed by atoms with Gasteiger partial charge in [0.1, 0.15) is 5.52 Å². The average Bonchev–Trinajstić information content (AvgIpc) is 2.89. The van der Waals surface area contributed by atoms with E-state index in [1.165, 1.54) is 0 Å². The highest BCUT2D eigenvalue weighted by Gasteiger charge is 2.10. The molecule has 92 valence electrons. The van der Waals surface area contributed by atoms with Gasteiger partial charge in [-0.2, -0.15) is 4.98 Å². The number of fused-ring (bicyclic) bond motifs is 3. The molecule has 0 aliphatic rings. The first-order valence-corrected chi connectivity index (χ1v) is 5.81. The summed E-state index contributed by atoms with van der Waals surface area (Å²) in [5, 5.41) is 0. The fraction of sp³-hybridized carbons (Fsp3) is 0.231. The van der Waals surface area contributed by atoms with Gasteiger partial charge >= 0.3 is 0 Å². The van der Waals surface area contributed by atoms with E-state index >= 15 is 0 Å². The summed E-state index contributed by atoms with van der Waals surface area (Å²) in [6.07, 6.45) is 1.84. The van der Waals surface area contributed by atoms with E-state index in [4.69, 9.17) is 4.74 Å². The van der Waals surface area contributed by atoms with Gasteiger partial charge in [-0.15, -0.1) is 0 Å². The molecule has 0 aromatic carbocycles. The van der Waals surface area contributed by atoms with Crippen LogP contribution in [0.2, 0.25) is 0 Å². The molecule has 0 fully saturated rings. The zero-order valence-corrected chi connectivity index (χ0v) is 10.3. The maximum Gasteiger partial charge on any atom is 0.275 e.